The van der Waals surface area contributed by atoms with Crippen molar-refractivity contribution in [3.05, 3.63) is 75.6 Å². The number of anilines is 1. The maximum atomic E-state index is 15.1. The van der Waals surface area contributed by atoms with Crippen molar-refractivity contribution in [1.29, 1.82) is 0 Å². The number of rotatable bonds is 4. The summed E-state index contributed by atoms with van der Waals surface area (Å²) in [6.45, 7) is 3.03. The van der Waals surface area contributed by atoms with Crippen molar-refractivity contribution in [2.75, 3.05) is 24.5 Å². The van der Waals surface area contributed by atoms with Gasteiger partial charge in [-0.15, -0.1) is 0 Å². The Hall–Kier alpha value is -4.08. The van der Waals surface area contributed by atoms with E-state index in [0.29, 0.717) is 30.7 Å². The van der Waals surface area contributed by atoms with Crippen LogP contribution in [0.15, 0.2) is 53.0 Å². The van der Waals surface area contributed by atoms with E-state index in [2.05, 4.69) is 21.7 Å². The van der Waals surface area contributed by atoms with Gasteiger partial charge in [-0.3, -0.25) is 19.0 Å². The maximum Gasteiger partial charge on any atom is 0.257 e. The summed E-state index contributed by atoms with van der Waals surface area (Å²) < 4.78 is 30.2. The molecule has 4 atom stereocenters. The number of aromatic nitrogens is 2. The average molecular weight is 546 g/mol. The second-order valence-electron chi connectivity index (χ2n) is 11.9. The third-order valence-electron chi connectivity index (χ3n) is 8.99. The second kappa shape index (κ2) is 8.97. The van der Waals surface area contributed by atoms with Gasteiger partial charge in [0.2, 0.25) is 11.3 Å². The molecule has 1 saturated heterocycles. The molecule has 2 amide bonds. The third-order valence-corrected chi connectivity index (χ3v) is 8.99. The number of fused-ring (bicyclic) bond motifs is 2. The first-order valence-electron chi connectivity index (χ1n) is 13.7. The number of nitrogens with one attached hydrogen (secondary N) is 2. The van der Waals surface area contributed by atoms with Crippen LogP contribution >= 0.6 is 0 Å². The Morgan fingerprint density at radius 2 is 2.02 bits per heavy atom. The summed E-state index contributed by atoms with van der Waals surface area (Å²) in [4.78, 5) is 45.7. The molecule has 1 aliphatic heterocycles. The van der Waals surface area contributed by atoms with Gasteiger partial charge in [-0.1, -0.05) is 11.6 Å². The van der Waals surface area contributed by atoms with E-state index in [-0.39, 0.29) is 34.7 Å². The number of allylic oxidation sites excluding steroid dienone is 1. The van der Waals surface area contributed by atoms with Crippen LogP contribution in [0.3, 0.4) is 0 Å². The van der Waals surface area contributed by atoms with Gasteiger partial charge >= 0.3 is 0 Å². The van der Waals surface area contributed by atoms with Crippen LogP contribution in [0.4, 0.5) is 14.6 Å². The first kappa shape index (κ1) is 24.9. The largest absolute Gasteiger partial charge is 0.353 e. The normalized spacial score (nSPS) is 27.1. The van der Waals surface area contributed by atoms with Gasteiger partial charge in [0.05, 0.1) is 23.2 Å². The molecule has 206 valence electrons. The number of pyridine rings is 2. The van der Waals surface area contributed by atoms with Crippen LogP contribution in [0.5, 0.6) is 0 Å². The van der Waals surface area contributed by atoms with E-state index in [9.17, 15) is 18.8 Å². The highest BCUT2D eigenvalue weighted by atomic mass is 19.1. The topological polar surface area (TPSA) is 96.3 Å². The quantitative estimate of drug-likeness (QED) is 0.490. The lowest BCUT2D eigenvalue weighted by atomic mass is 9.69. The molecular formula is C30H29F2N5O3. The zero-order valence-corrected chi connectivity index (χ0v) is 22.0. The number of nitrogens with zero attached hydrogens (tertiary/aromatic N) is 3. The molecule has 7 rings (SSSR count). The highest BCUT2D eigenvalue weighted by molar-refractivity contribution is 5.98. The number of hydrogen-bond acceptors (Lipinski definition) is 5. The van der Waals surface area contributed by atoms with Crippen molar-refractivity contribution in [3.8, 4) is 5.69 Å². The van der Waals surface area contributed by atoms with Gasteiger partial charge < -0.3 is 15.5 Å². The lowest BCUT2D eigenvalue weighted by molar-refractivity contribution is -0.120. The number of carbonyl (C=O) groups excluding carboxylic acids is 2. The Kier molecular flexibility index (Phi) is 5.59. The Balaban J connectivity index is 1.33. The predicted octanol–water partition coefficient (Wildman–Crippen LogP) is 3.46. The van der Waals surface area contributed by atoms with Crippen LogP contribution in [0, 0.1) is 29.4 Å². The van der Waals surface area contributed by atoms with E-state index in [0.717, 1.165) is 37.3 Å². The van der Waals surface area contributed by atoms with E-state index in [1.54, 1.807) is 17.0 Å². The smallest absolute Gasteiger partial charge is 0.257 e. The molecule has 3 aromatic rings. The van der Waals surface area contributed by atoms with Crippen molar-refractivity contribution in [2.45, 2.75) is 38.1 Å². The monoisotopic (exact) mass is 545 g/mol. The van der Waals surface area contributed by atoms with Crippen molar-refractivity contribution >= 4 is 28.7 Å². The van der Waals surface area contributed by atoms with E-state index in [1.165, 1.54) is 28.8 Å². The molecule has 2 bridgehead atoms. The van der Waals surface area contributed by atoms with Crippen molar-refractivity contribution < 1.29 is 18.4 Å². The standard InChI is InChI=1S/C30H29F2N5O3/c1-30(12-16-8-17-10-18(13-30)21(17)9-16)35-29(40)22-14-37(24-4-2-19(31)11-23(24)32)28-20(27(22)39)3-5-25(34-28)36-7-6-33-26(38)15-36/h2-5,11,13-14,16-17,21H,6-10,12,15H2,1H3,(H,33,38)(H,35,40). The second-order valence-corrected chi connectivity index (χ2v) is 11.9. The van der Waals surface area contributed by atoms with Gasteiger partial charge in [0.1, 0.15) is 23.0 Å². The molecule has 40 heavy (non-hydrogen) atoms. The van der Waals surface area contributed by atoms with Gasteiger partial charge in [0, 0.05) is 25.4 Å². The summed E-state index contributed by atoms with van der Waals surface area (Å²) in [6.07, 6.45) is 7.67. The van der Waals surface area contributed by atoms with Gasteiger partial charge in [-0.25, -0.2) is 13.8 Å². The summed E-state index contributed by atoms with van der Waals surface area (Å²) in [5, 5.41) is 5.98. The Labute approximate surface area is 229 Å². The third kappa shape index (κ3) is 4.08. The molecule has 4 unspecified atom stereocenters. The average Bonchev–Trinajstić information content (AvgIpc) is 3.16. The van der Waals surface area contributed by atoms with Crippen molar-refractivity contribution in [3.63, 3.8) is 0 Å². The maximum absolute atomic E-state index is 15.1. The first-order chi connectivity index (χ1) is 19.2. The van der Waals surface area contributed by atoms with E-state index in [1.807, 2.05) is 6.92 Å². The van der Waals surface area contributed by atoms with Crippen molar-refractivity contribution in [2.24, 2.45) is 17.8 Å². The summed E-state index contributed by atoms with van der Waals surface area (Å²) in [7, 11) is 0. The predicted molar refractivity (Wildman–Crippen MR) is 145 cm³/mol. The van der Waals surface area contributed by atoms with Crippen LogP contribution in [0.1, 0.15) is 43.0 Å². The molecule has 2 saturated carbocycles. The highest BCUT2D eigenvalue weighted by Gasteiger charge is 2.49. The lowest BCUT2D eigenvalue weighted by Gasteiger charge is -2.39. The molecule has 2 aromatic heterocycles. The van der Waals surface area contributed by atoms with Gasteiger partial charge in [-0.2, -0.15) is 0 Å². The number of amides is 2. The highest BCUT2D eigenvalue weighted by Crippen LogP contribution is 2.57. The Bertz CT molecular complexity index is 1680. The fraction of sp³-hybridized carbons (Fsp3) is 0.400. The van der Waals surface area contributed by atoms with Crippen LogP contribution in [-0.4, -0.2) is 46.5 Å². The number of carbonyl (C=O) groups is 2. The SMILES string of the molecule is CC1(NC(=O)c2cn(-c3ccc(F)cc3F)c3nc(N4CCNC(=O)C4)ccc3c2=O)C=C2CC3CC(CC23)C1. The zero-order chi connectivity index (χ0) is 27.8. The number of hydrogen-bond donors (Lipinski definition) is 2. The summed E-state index contributed by atoms with van der Waals surface area (Å²) in [5.74, 6) is 0.0269. The first-order valence-corrected chi connectivity index (χ1v) is 13.7. The molecule has 3 heterocycles. The Morgan fingerprint density at radius 1 is 1.18 bits per heavy atom. The van der Waals surface area contributed by atoms with Crippen molar-refractivity contribution in [1.82, 2.24) is 20.2 Å². The van der Waals surface area contributed by atoms with Gasteiger partial charge in [-0.05, 0) is 74.6 Å². The van der Waals surface area contributed by atoms with Gasteiger partial charge in [0.15, 0.2) is 5.65 Å². The molecule has 0 spiro atoms. The summed E-state index contributed by atoms with van der Waals surface area (Å²) >= 11 is 0. The van der Waals surface area contributed by atoms with E-state index >= 15 is 4.39 Å². The minimum atomic E-state index is -0.864. The molecule has 10 heteroatoms. The molecular weight excluding hydrogens is 516 g/mol. The number of piperazine rings is 1. The zero-order valence-electron chi connectivity index (χ0n) is 22.0. The molecule has 3 aliphatic carbocycles. The van der Waals surface area contributed by atoms with Crippen LogP contribution in [0.2, 0.25) is 0 Å². The minimum Gasteiger partial charge on any atom is -0.353 e. The molecule has 1 aromatic carbocycles. The number of halogens is 2. The molecule has 0 radical (unpaired) electrons. The Morgan fingerprint density at radius 3 is 2.83 bits per heavy atom. The minimum absolute atomic E-state index is 0.0536. The van der Waals surface area contributed by atoms with Crippen LogP contribution < -0.4 is 21.0 Å². The van der Waals surface area contributed by atoms with Crippen LogP contribution in [-0.2, 0) is 4.79 Å². The summed E-state index contributed by atoms with van der Waals surface area (Å²) in [6, 6.07) is 6.28. The molecule has 4 aliphatic rings. The fourth-order valence-corrected chi connectivity index (χ4v) is 7.25. The van der Waals surface area contributed by atoms with Crippen LogP contribution in [0.25, 0.3) is 16.7 Å². The summed E-state index contributed by atoms with van der Waals surface area (Å²) in [5.41, 5.74) is 0.167. The van der Waals surface area contributed by atoms with E-state index in [4.69, 9.17) is 0 Å². The van der Waals surface area contributed by atoms with E-state index < -0.39 is 28.5 Å². The van der Waals surface area contributed by atoms with Gasteiger partial charge in [0.25, 0.3) is 5.91 Å². The lowest BCUT2D eigenvalue weighted by Crippen LogP contribution is -2.48. The molecule has 2 N–H and O–H groups in total. The fourth-order valence-electron chi connectivity index (χ4n) is 7.25. The molecule has 3 fully saturated rings. The number of benzene rings is 1. The molecule has 8 nitrogen and oxygen atoms in total.